The van der Waals surface area contributed by atoms with Crippen molar-refractivity contribution in [2.45, 2.75) is 40.5 Å². The molecule has 3 aromatic rings. The Bertz CT molecular complexity index is 1040. The van der Waals surface area contributed by atoms with E-state index in [0.29, 0.717) is 16.8 Å². The summed E-state index contributed by atoms with van der Waals surface area (Å²) in [6.45, 7) is 10.3. The van der Waals surface area contributed by atoms with E-state index in [9.17, 15) is 4.57 Å². The van der Waals surface area contributed by atoms with Gasteiger partial charge in [-0.3, -0.25) is 0 Å². The molecule has 0 saturated heterocycles. The van der Waals surface area contributed by atoms with Crippen LogP contribution in [-0.2, 0) is 4.57 Å². The number of hydrogen-bond acceptors (Lipinski definition) is 3. The first kappa shape index (κ1) is 18.8. The topological polar surface area (TPSA) is 35.5 Å². The van der Waals surface area contributed by atoms with Gasteiger partial charge in [0.15, 0.2) is 0 Å². The molecule has 4 heteroatoms. The lowest BCUT2D eigenvalue weighted by Crippen LogP contribution is -2.19. The second kappa shape index (κ2) is 6.83. The predicted molar refractivity (Wildman–Crippen MR) is 114 cm³/mol. The van der Waals surface area contributed by atoms with Crippen molar-refractivity contribution in [3.05, 3.63) is 88.0 Å². The minimum Gasteiger partial charge on any atom is -0.412 e. The highest BCUT2D eigenvalue weighted by Gasteiger charge is 2.37. The van der Waals surface area contributed by atoms with Crippen molar-refractivity contribution in [2.75, 3.05) is 0 Å². The molecule has 0 amide bonds. The van der Waals surface area contributed by atoms with Crippen molar-refractivity contribution in [2.24, 2.45) is 0 Å². The number of hydrogen-bond donors (Lipinski definition) is 0. The Morgan fingerprint density at radius 1 is 0.750 bits per heavy atom. The monoisotopic (exact) mass is 392 g/mol. The summed E-state index contributed by atoms with van der Waals surface area (Å²) in [5.41, 5.74) is 6.34. The van der Waals surface area contributed by atoms with Crippen LogP contribution in [0.2, 0.25) is 0 Å². The minimum absolute atomic E-state index is 0.0618. The molecule has 3 nitrogen and oxygen atoms in total. The van der Waals surface area contributed by atoms with E-state index in [0.717, 1.165) is 33.4 Å². The third-order valence-electron chi connectivity index (χ3n) is 5.32. The van der Waals surface area contributed by atoms with Gasteiger partial charge in [-0.1, -0.05) is 60.5 Å². The zero-order chi connectivity index (χ0) is 20.1. The van der Waals surface area contributed by atoms with E-state index in [-0.39, 0.29) is 5.92 Å². The van der Waals surface area contributed by atoms with Crippen molar-refractivity contribution < 1.29 is 13.6 Å². The molecule has 144 valence electrons. The maximum atomic E-state index is 14.1. The summed E-state index contributed by atoms with van der Waals surface area (Å²) >= 11 is 0. The highest BCUT2D eigenvalue weighted by atomic mass is 31.2. The van der Waals surface area contributed by atoms with Crippen LogP contribution in [0.1, 0.15) is 46.2 Å². The molecule has 4 rings (SSSR count). The fourth-order valence-electron chi connectivity index (χ4n) is 4.01. The first-order valence-corrected chi connectivity index (χ1v) is 11.1. The zero-order valence-corrected chi connectivity index (χ0v) is 17.8. The van der Waals surface area contributed by atoms with Crippen LogP contribution >= 0.6 is 7.60 Å². The van der Waals surface area contributed by atoms with Crippen molar-refractivity contribution in [3.63, 3.8) is 0 Å². The van der Waals surface area contributed by atoms with Crippen LogP contribution in [0.15, 0.2) is 54.6 Å². The van der Waals surface area contributed by atoms with Crippen LogP contribution < -0.4 is 14.4 Å². The number of aryl methyl sites for hydroxylation is 4. The lowest BCUT2D eigenvalue weighted by atomic mass is 9.87. The van der Waals surface area contributed by atoms with Crippen molar-refractivity contribution in [1.29, 1.82) is 0 Å². The molecule has 28 heavy (non-hydrogen) atoms. The summed E-state index contributed by atoms with van der Waals surface area (Å²) in [5.74, 6) is 1.39. The molecule has 1 aliphatic rings. The largest absolute Gasteiger partial charge is 0.462 e. The molecule has 0 fully saturated rings. The summed E-state index contributed by atoms with van der Waals surface area (Å²) in [6, 6.07) is 17.6. The Morgan fingerprint density at radius 2 is 1.21 bits per heavy atom. The SMILES string of the molecule is Cc1cc(C)c2c(c1)C(C)c1cc(C)cc(C)c1OP(=O)(c1ccccc1)O2. The highest BCUT2D eigenvalue weighted by molar-refractivity contribution is 7.63. The molecule has 3 aromatic carbocycles. The first-order chi connectivity index (χ1) is 13.3. The van der Waals surface area contributed by atoms with Crippen LogP contribution in [0.4, 0.5) is 0 Å². The van der Waals surface area contributed by atoms with Gasteiger partial charge in [0.25, 0.3) is 0 Å². The standard InChI is InChI=1S/C24H25O3P/c1-15-11-17(3)23-21(13-15)19(5)22-14-16(2)12-18(4)24(22)27-28(25,26-23)20-9-7-6-8-10-20/h6-14,19H,1-5H3. The van der Waals surface area contributed by atoms with Crippen molar-refractivity contribution in [1.82, 2.24) is 0 Å². The number of fused-ring (bicyclic) bond motifs is 2. The predicted octanol–water partition coefficient (Wildman–Crippen LogP) is 6.36. The smallest absolute Gasteiger partial charge is 0.412 e. The summed E-state index contributed by atoms with van der Waals surface area (Å²) in [7, 11) is -3.61. The lowest BCUT2D eigenvalue weighted by molar-refractivity contribution is 0.387. The quantitative estimate of drug-likeness (QED) is 0.452. The first-order valence-electron chi connectivity index (χ1n) is 9.55. The average molecular weight is 392 g/mol. The van der Waals surface area contributed by atoms with Crippen molar-refractivity contribution >= 4 is 12.9 Å². The second-order valence-corrected chi connectivity index (χ2v) is 9.61. The normalized spacial score (nSPS) is 20.8. The average Bonchev–Trinajstić information content (AvgIpc) is 2.65. The van der Waals surface area contributed by atoms with E-state index in [2.05, 4.69) is 45.0 Å². The Kier molecular flexibility index (Phi) is 4.59. The van der Waals surface area contributed by atoms with Crippen LogP contribution in [0.5, 0.6) is 11.5 Å². The van der Waals surface area contributed by atoms with E-state index in [1.807, 2.05) is 32.0 Å². The zero-order valence-electron chi connectivity index (χ0n) is 16.9. The highest BCUT2D eigenvalue weighted by Crippen LogP contribution is 2.55. The van der Waals surface area contributed by atoms with Crippen LogP contribution in [0.25, 0.3) is 0 Å². The maximum Gasteiger partial charge on any atom is 0.462 e. The van der Waals surface area contributed by atoms with Gasteiger partial charge in [0.1, 0.15) is 11.5 Å². The fraction of sp³-hybridized carbons (Fsp3) is 0.250. The molecular weight excluding hydrogens is 367 g/mol. The van der Waals surface area contributed by atoms with Crippen LogP contribution in [0.3, 0.4) is 0 Å². The second-order valence-electron chi connectivity index (χ2n) is 7.74. The molecule has 0 aliphatic carbocycles. The molecule has 0 unspecified atom stereocenters. The van der Waals surface area contributed by atoms with Gasteiger partial charge in [0, 0.05) is 17.0 Å². The van der Waals surface area contributed by atoms with E-state index < -0.39 is 7.60 Å². The molecular formula is C24H25O3P. The Labute approximate surface area is 166 Å². The van der Waals surface area contributed by atoms with Gasteiger partial charge in [-0.15, -0.1) is 0 Å². The molecule has 0 radical (unpaired) electrons. The Morgan fingerprint density at radius 3 is 1.68 bits per heavy atom. The van der Waals surface area contributed by atoms with Gasteiger partial charge in [-0.2, -0.15) is 0 Å². The van der Waals surface area contributed by atoms with Crippen molar-refractivity contribution in [3.8, 4) is 11.5 Å². The van der Waals surface area contributed by atoms with Gasteiger partial charge >= 0.3 is 7.60 Å². The number of rotatable bonds is 1. The molecule has 1 aliphatic heterocycles. The third-order valence-corrected chi connectivity index (χ3v) is 7.10. The van der Waals surface area contributed by atoms with E-state index >= 15 is 0 Å². The molecule has 0 N–H and O–H groups in total. The van der Waals surface area contributed by atoms with Gasteiger partial charge in [-0.05, 0) is 51.0 Å². The van der Waals surface area contributed by atoms with Gasteiger partial charge in [0.2, 0.25) is 0 Å². The lowest BCUT2D eigenvalue weighted by Gasteiger charge is -2.31. The molecule has 0 atom stereocenters. The molecule has 0 saturated carbocycles. The van der Waals surface area contributed by atoms with Crippen LogP contribution in [0, 0.1) is 27.7 Å². The summed E-state index contributed by atoms with van der Waals surface area (Å²) in [5, 5.41) is 0.557. The fourth-order valence-corrected chi connectivity index (χ4v) is 5.77. The Balaban J connectivity index is 2.05. The van der Waals surface area contributed by atoms with E-state index in [1.165, 1.54) is 0 Å². The Hall–Kier alpha value is -2.51. The summed E-state index contributed by atoms with van der Waals surface area (Å²) < 4.78 is 26.6. The number of benzene rings is 3. The van der Waals surface area contributed by atoms with Crippen LogP contribution in [-0.4, -0.2) is 0 Å². The van der Waals surface area contributed by atoms with E-state index in [1.54, 1.807) is 12.1 Å². The van der Waals surface area contributed by atoms with E-state index in [4.69, 9.17) is 9.05 Å². The summed E-state index contributed by atoms with van der Waals surface area (Å²) in [6.07, 6.45) is 0. The summed E-state index contributed by atoms with van der Waals surface area (Å²) in [4.78, 5) is 0. The van der Waals surface area contributed by atoms with Gasteiger partial charge in [0.05, 0.1) is 5.30 Å². The van der Waals surface area contributed by atoms with Gasteiger partial charge < -0.3 is 9.05 Å². The molecule has 0 aromatic heterocycles. The third kappa shape index (κ3) is 3.14. The molecule has 0 bridgehead atoms. The van der Waals surface area contributed by atoms with Gasteiger partial charge in [-0.25, -0.2) is 4.57 Å². The molecule has 1 heterocycles. The molecule has 0 spiro atoms. The minimum atomic E-state index is -3.61. The maximum absolute atomic E-state index is 14.1.